The molecule has 0 aromatic rings. The molecular formula is C26H36N2O6. The summed E-state index contributed by atoms with van der Waals surface area (Å²) in [6.45, 7) is 9.08. The lowest BCUT2D eigenvalue weighted by Crippen LogP contribution is -2.66. The fourth-order valence-electron chi connectivity index (χ4n) is 7.23. The Kier molecular flexibility index (Phi) is 5.79. The Bertz CT molecular complexity index is 1010. The summed E-state index contributed by atoms with van der Waals surface area (Å²) < 4.78 is 5.79. The maximum atomic E-state index is 14.3. The van der Waals surface area contributed by atoms with Gasteiger partial charge in [0.05, 0.1) is 24.5 Å². The summed E-state index contributed by atoms with van der Waals surface area (Å²) in [5.74, 6) is -0.718. The summed E-state index contributed by atoms with van der Waals surface area (Å²) in [5.41, 5.74) is -3.01. The summed E-state index contributed by atoms with van der Waals surface area (Å²) in [7, 11) is 1.51. The lowest BCUT2D eigenvalue weighted by molar-refractivity contribution is -0.191. The minimum atomic E-state index is -2.16. The van der Waals surface area contributed by atoms with Gasteiger partial charge in [0.1, 0.15) is 6.10 Å². The number of aliphatic hydroxyl groups is 3. The molecule has 34 heavy (non-hydrogen) atoms. The Labute approximate surface area is 200 Å². The number of hydrogen-bond donors (Lipinski definition) is 3. The van der Waals surface area contributed by atoms with E-state index in [0.717, 1.165) is 0 Å². The van der Waals surface area contributed by atoms with Crippen LogP contribution in [0.4, 0.5) is 4.79 Å². The van der Waals surface area contributed by atoms with E-state index in [-0.39, 0.29) is 40.9 Å². The highest BCUT2D eigenvalue weighted by Crippen LogP contribution is 2.71. The third kappa shape index (κ3) is 3.00. The summed E-state index contributed by atoms with van der Waals surface area (Å²) >= 11 is 0. The molecule has 0 aliphatic heterocycles. The second-order valence-corrected chi connectivity index (χ2v) is 11.5. The zero-order chi connectivity index (χ0) is 25.4. The molecule has 2 bridgehead atoms. The fraction of sp³-hybridized carbons (Fsp3) is 0.731. The molecule has 1 unspecified atom stereocenters. The van der Waals surface area contributed by atoms with E-state index in [0.29, 0.717) is 12.0 Å². The van der Waals surface area contributed by atoms with E-state index in [2.05, 4.69) is 13.8 Å². The number of ketones is 1. The number of nitrogens with zero attached hydrogens (tertiary/aromatic N) is 2. The van der Waals surface area contributed by atoms with Crippen molar-refractivity contribution in [1.29, 1.82) is 5.26 Å². The van der Waals surface area contributed by atoms with Gasteiger partial charge in [0.15, 0.2) is 17.5 Å². The molecule has 0 radical (unpaired) electrons. The molecule has 4 aliphatic carbocycles. The van der Waals surface area contributed by atoms with Crippen LogP contribution in [0.2, 0.25) is 0 Å². The highest BCUT2D eigenvalue weighted by atomic mass is 16.6. The molecule has 0 aromatic heterocycles. The number of hydrogen-bond acceptors (Lipinski definition) is 7. The molecule has 0 aromatic carbocycles. The number of carbonyl (C=O) groups excluding carboxylic acids is 2. The van der Waals surface area contributed by atoms with Gasteiger partial charge >= 0.3 is 6.09 Å². The van der Waals surface area contributed by atoms with E-state index in [1.54, 1.807) is 26.0 Å². The van der Waals surface area contributed by atoms with Gasteiger partial charge in [0.2, 0.25) is 0 Å². The quantitative estimate of drug-likeness (QED) is 0.535. The van der Waals surface area contributed by atoms with Crippen LogP contribution in [-0.4, -0.2) is 69.6 Å². The SMILES string of the molecule is CC1=C[C@]23C(=O)[C@@H](C=C(CO)[C@@H](O)[C@]2(O)[C@H]1OC(=O)N(C)C(C)CC#N)[C@H]1[C@@H](C[C@H]3C)C1(C)C. The summed E-state index contributed by atoms with van der Waals surface area (Å²) in [6.07, 6.45) is 0.522. The van der Waals surface area contributed by atoms with Crippen LogP contribution in [0.3, 0.4) is 0 Å². The lowest BCUT2D eigenvalue weighted by Gasteiger charge is -2.49. The van der Waals surface area contributed by atoms with Crippen molar-refractivity contribution in [2.24, 2.45) is 34.5 Å². The Hall–Kier alpha value is -2.21. The summed E-state index contributed by atoms with van der Waals surface area (Å²) in [4.78, 5) is 28.5. The van der Waals surface area contributed by atoms with E-state index < -0.39 is 47.9 Å². The van der Waals surface area contributed by atoms with Crippen molar-refractivity contribution in [3.8, 4) is 6.07 Å². The maximum absolute atomic E-state index is 14.3. The molecule has 186 valence electrons. The first kappa shape index (κ1) is 24.9. The van der Waals surface area contributed by atoms with Crippen LogP contribution in [0.15, 0.2) is 23.3 Å². The van der Waals surface area contributed by atoms with Crippen molar-refractivity contribution in [2.75, 3.05) is 13.7 Å². The van der Waals surface area contributed by atoms with Gasteiger partial charge in [0.25, 0.3) is 0 Å². The first-order valence-corrected chi connectivity index (χ1v) is 12.1. The number of allylic oxidation sites excluding steroid dienone is 1. The summed E-state index contributed by atoms with van der Waals surface area (Å²) in [6, 6.07) is 1.60. The van der Waals surface area contributed by atoms with Gasteiger partial charge in [-0.15, -0.1) is 0 Å². The Balaban J connectivity index is 1.81. The number of ether oxygens (including phenoxy) is 1. The minimum absolute atomic E-state index is 0.0521. The number of rotatable bonds is 4. The van der Waals surface area contributed by atoms with Crippen molar-refractivity contribution in [1.82, 2.24) is 4.90 Å². The Morgan fingerprint density at radius 3 is 2.65 bits per heavy atom. The number of aliphatic hydroxyl groups excluding tert-OH is 2. The van der Waals surface area contributed by atoms with Crippen molar-refractivity contribution >= 4 is 11.9 Å². The molecule has 8 heteroatoms. The predicted molar refractivity (Wildman–Crippen MR) is 123 cm³/mol. The van der Waals surface area contributed by atoms with Gasteiger partial charge in [-0.3, -0.25) is 4.79 Å². The molecular weight excluding hydrogens is 436 g/mol. The standard InChI is InChI=1S/C26H36N2O6/c1-13-11-25-14(2)9-18-19(24(18,4)5)17(21(25)31)10-16(12-29)20(30)26(25,33)22(13)34-23(32)28(6)15(3)7-8-27/h10-11,14-15,17-20,22,29-30,33H,7,9,12H2,1-6H3/t14-,15?,17+,18-,19+,20-,22+,25+,26+/m1/s1. The largest absolute Gasteiger partial charge is 0.438 e. The number of carbonyl (C=O) groups is 2. The molecule has 2 saturated carbocycles. The van der Waals surface area contributed by atoms with Gasteiger partial charge < -0.3 is 25.0 Å². The van der Waals surface area contributed by atoms with Crippen LogP contribution in [0.25, 0.3) is 0 Å². The minimum Gasteiger partial charge on any atom is -0.438 e. The third-order valence-corrected chi connectivity index (χ3v) is 9.45. The number of amides is 1. The highest BCUT2D eigenvalue weighted by molar-refractivity contribution is 5.95. The molecule has 0 saturated heterocycles. The van der Waals surface area contributed by atoms with Crippen LogP contribution in [0.1, 0.15) is 47.5 Å². The molecule has 8 nitrogen and oxygen atoms in total. The lowest BCUT2D eigenvalue weighted by atomic mass is 9.59. The fourth-order valence-corrected chi connectivity index (χ4v) is 7.23. The Morgan fingerprint density at radius 1 is 1.41 bits per heavy atom. The van der Waals surface area contributed by atoms with Crippen LogP contribution in [-0.2, 0) is 9.53 Å². The van der Waals surface area contributed by atoms with Gasteiger partial charge in [-0.2, -0.15) is 5.26 Å². The average molecular weight is 473 g/mol. The zero-order valence-electron chi connectivity index (χ0n) is 20.8. The van der Waals surface area contributed by atoms with Gasteiger partial charge in [0, 0.05) is 19.0 Å². The van der Waals surface area contributed by atoms with Crippen molar-refractivity contribution < 1.29 is 29.6 Å². The number of Topliss-reactive ketones (excluding diaryl/α,β-unsaturated/α-hetero) is 1. The van der Waals surface area contributed by atoms with E-state index in [9.17, 15) is 24.9 Å². The first-order valence-electron chi connectivity index (χ1n) is 12.1. The topological polar surface area (TPSA) is 131 Å². The Morgan fingerprint density at radius 2 is 2.06 bits per heavy atom. The van der Waals surface area contributed by atoms with Crippen LogP contribution >= 0.6 is 0 Å². The normalized spacial score (nSPS) is 42.6. The molecule has 9 atom stereocenters. The average Bonchev–Trinajstić information content (AvgIpc) is 3.27. The van der Waals surface area contributed by atoms with E-state index in [1.807, 2.05) is 13.0 Å². The molecule has 3 N–H and O–H groups in total. The van der Waals surface area contributed by atoms with E-state index >= 15 is 0 Å². The molecule has 4 aliphatic rings. The predicted octanol–water partition coefficient (Wildman–Crippen LogP) is 2.19. The van der Waals surface area contributed by atoms with E-state index in [4.69, 9.17) is 10.00 Å². The number of fused-ring (bicyclic) bond motifs is 3. The van der Waals surface area contributed by atoms with E-state index in [1.165, 1.54) is 11.9 Å². The number of nitriles is 1. The second-order valence-electron chi connectivity index (χ2n) is 11.5. The van der Waals surface area contributed by atoms with Crippen LogP contribution < -0.4 is 0 Å². The first-order chi connectivity index (χ1) is 15.8. The zero-order valence-corrected chi connectivity index (χ0v) is 20.8. The van der Waals surface area contributed by atoms with Crippen molar-refractivity contribution in [2.45, 2.75) is 71.3 Å². The molecule has 1 spiro atoms. The summed E-state index contributed by atoms with van der Waals surface area (Å²) in [5, 5.41) is 42.9. The monoisotopic (exact) mass is 472 g/mol. The molecule has 4 rings (SSSR count). The smallest absolute Gasteiger partial charge is 0.410 e. The second kappa shape index (κ2) is 7.91. The maximum Gasteiger partial charge on any atom is 0.410 e. The third-order valence-electron chi connectivity index (χ3n) is 9.45. The molecule has 2 fully saturated rings. The van der Waals surface area contributed by atoms with Crippen molar-refractivity contribution in [3.63, 3.8) is 0 Å². The van der Waals surface area contributed by atoms with Crippen molar-refractivity contribution in [3.05, 3.63) is 23.3 Å². The van der Waals surface area contributed by atoms with Gasteiger partial charge in [-0.05, 0) is 54.6 Å². The van der Waals surface area contributed by atoms with Gasteiger partial charge in [-0.25, -0.2) is 4.79 Å². The highest BCUT2D eigenvalue weighted by Gasteiger charge is 2.76. The molecule has 0 heterocycles. The van der Waals surface area contributed by atoms with Gasteiger partial charge in [-0.1, -0.05) is 32.9 Å². The van der Waals surface area contributed by atoms with Crippen LogP contribution in [0, 0.1) is 45.8 Å². The van der Waals surface area contributed by atoms with Crippen LogP contribution in [0.5, 0.6) is 0 Å². The molecule has 1 amide bonds.